The molecule has 0 amide bonds. The van der Waals surface area contributed by atoms with Gasteiger partial charge in [0, 0.05) is 12.1 Å². The molecular formula is C17H17N3O. The average Bonchev–Trinajstić information content (AvgIpc) is 2.94. The predicted octanol–water partition coefficient (Wildman–Crippen LogP) is 3.27. The highest BCUT2D eigenvalue weighted by atomic mass is 16.1. The van der Waals surface area contributed by atoms with Crippen molar-refractivity contribution in [3.8, 4) is 0 Å². The Morgan fingerprint density at radius 3 is 2.76 bits per heavy atom. The summed E-state index contributed by atoms with van der Waals surface area (Å²) in [5.41, 5.74) is 0.722. The van der Waals surface area contributed by atoms with Crippen LogP contribution in [-0.2, 0) is 13.0 Å². The van der Waals surface area contributed by atoms with Crippen molar-refractivity contribution in [2.24, 2.45) is 0 Å². The number of hydrogen-bond donors (Lipinski definition) is 0. The van der Waals surface area contributed by atoms with Crippen molar-refractivity contribution in [1.29, 1.82) is 0 Å². The van der Waals surface area contributed by atoms with Crippen LogP contribution in [0.15, 0.2) is 48.8 Å². The fraction of sp³-hybridized carbons (Fsp3) is 0.235. The van der Waals surface area contributed by atoms with Crippen LogP contribution in [0.4, 0.5) is 0 Å². The molecule has 21 heavy (non-hydrogen) atoms. The number of ketones is 1. The van der Waals surface area contributed by atoms with Gasteiger partial charge in [-0.25, -0.2) is 9.67 Å². The maximum absolute atomic E-state index is 12.4. The Balaban J connectivity index is 1.84. The summed E-state index contributed by atoms with van der Waals surface area (Å²) < 4.78 is 1.80. The zero-order valence-electron chi connectivity index (χ0n) is 12.0. The molecule has 2 aromatic carbocycles. The van der Waals surface area contributed by atoms with Crippen molar-refractivity contribution in [2.75, 3.05) is 0 Å². The van der Waals surface area contributed by atoms with Gasteiger partial charge in [-0.2, -0.15) is 5.10 Å². The van der Waals surface area contributed by atoms with Gasteiger partial charge in [-0.15, -0.1) is 0 Å². The molecule has 106 valence electrons. The summed E-state index contributed by atoms with van der Waals surface area (Å²) in [5.74, 6) is 0.807. The second-order valence-corrected chi connectivity index (χ2v) is 5.06. The van der Waals surface area contributed by atoms with E-state index in [1.807, 2.05) is 42.5 Å². The fourth-order valence-corrected chi connectivity index (χ4v) is 2.43. The lowest BCUT2D eigenvalue weighted by atomic mass is 10.0. The normalized spacial score (nSPS) is 10.9. The zero-order chi connectivity index (χ0) is 14.7. The van der Waals surface area contributed by atoms with Gasteiger partial charge in [0.05, 0.1) is 6.42 Å². The van der Waals surface area contributed by atoms with E-state index >= 15 is 0 Å². The van der Waals surface area contributed by atoms with Gasteiger partial charge in [-0.05, 0) is 23.3 Å². The van der Waals surface area contributed by atoms with E-state index in [1.54, 1.807) is 4.68 Å². The molecule has 1 heterocycles. The molecule has 4 nitrogen and oxygen atoms in total. The van der Waals surface area contributed by atoms with Gasteiger partial charge in [0.1, 0.15) is 12.2 Å². The number of carbonyl (C=O) groups is 1. The SMILES string of the molecule is CCCn1ncnc1CC(=O)c1ccc2ccccc2c1. The van der Waals surface area contributed by atoms with Crippen molar-refractivity contribution in [2.45, 2.75) is 26.3 Å². The Hall–Kier alpha value is -2.49. The number of fused-ring (bicyclic) bond motifs is 1. The van der Waals surface area contributed by atoms with Gasteiger partial charge in [0.25, 0.3) is 0 Å². The Morgan fingerprint density at radius 1 is 1.14 bits per heavy atom. The number of hydrogen-bond acceptors (Lipinski definition) is 3. The lowest BCUT2D eigenvalue weighted by molar-refractivity contribution is 0.0989. The second kappa shape index (κ2) is 5.87. The summed E-state index contributed by atoms with van der Waals surface area (Å²) in [6.07, 6.45) is 2.78. The van der Waals surface area contributed by atoms with Crippen molar-refractivity contribution in [1.82, 2.24) is 14.8 Å². The van der Waals surface area contributed by atoms with E-state index in [9.17, 15) is 4.79 Å². The third-order valence-electron chi connectivity index (χ3n) is 3.52. The molecule has 0 fully saturated rings. The van der Waals surface area contributed by atoms with Gasteiger partial charge in [-0.3, -0.25) is 4.79 Å². The van der Waals surface area contributed by atoms with Crippen molar-refractivity contribution >= 4 is 16.6 Å². The first-order valence-corrected chi connectivity index (χ1v) is 7.16. The number of nitrogens with zero attached hydrogens (tertiary/aromatic N) is 3. The summed E-state index contributed by atoms with van der Waals surface area (Å²) in [7, 11) is 0. The average molecular weight is 279 g/mol. The van der Waals surface area contributed by atoms with Gasteiger partial charge in [0.2, 0.25) is 0 Å². The highest BCUT2D eigenvalue weighted by Gasteiger charge is 2.12. The molecule has 0 saturated carbocycles. The minimum Gasteiger partial charge on any atom is -0.294 e. The van der Waals surface area contributed by atoms with E-state index in [4.69, 9.17) is 0 Å². The third-order valence-corrected chi connectivity index (χ3v) is 3.52. The highest BCUT2D eigenvalue weighted by Crippen LogP contribution is 2.17. The smallest absolute Gasteiger partial charge is 0.170 e. The predicted molar refractivity (Wildman–Crippen MR) is 82.3 cm³/mol. The molecule has 4 heteroatoms. The molecule has 3 rings (SSSR count). The summed E-state index contributed by atoms with van der Waals surface area (Å²) in [5, 5.41) is 6.38. The second-order valence-electron chi connectivity index (χ2n) is 5.06. The van der Waals surface area contributed by atoms with Gasteiger partial charge < -0.3 is 0 Å². The number of aryl methyl sites for hydroxylation is 1. The number of Topliss-reactive ketones (excluding diaryl/α,β-unsaturated/α-hetero) is 1. The quantitative estimate of drug-likeness (QED) is 0.673. The molecular weight excluding hydrogens is 262 g/mol. The Morgan fingerprint density at radius 2 is 1.95 bits per heavy atom. The molecule has 0 N–H and O–H groups in total. The van der Waals surface area contributed by atoms with Crippen LogP contribution in [0.1, 0.15) is 29.5 Å². The van der Waals surface area contributed by atoms with Crippen LogP contribution in [0.25, 0.3) is 10.8 Å². The molecule has 0 bridgehead atoms. The maximum Gasteiger partial charge on any atom is 0.170 e. The molecule has 0 radical (unpaired) electrons. The topological polar surface area (TPSA) is 47.8 Å². The third kappa shape index (κ3) is 2.84. The summed E-state index contributed by atoms with van der Waals surface area (Å²) in [6, 6.07) is 13.8. The van der Waals surface area contributed by atoms with Crippen LogP contribution < -0.4 is 0 Å². The first kappa shape index (κ1) is 13.5. The molecule has 1 aromatic heterocycles. The maximum atomic E-state index is 12.4. The fourth-order valence-electron chi connectivity index (χ4n) is 2.43. The van der Waals surface area contributed by atoms with E-state index in [0.717, 1.165) is 35.1 Å². The van der Waals surface area contributed by atoms with E-state index in [-0.39, 0.29) is 5.78 Å². The molecule has 0 aliphatic carbocycles. The Labute approximate surface area is 123 Å². The lowest BCUT2D eigenvalue weighted by Gasteiger charge is -2.05. The molecule has 0 atom stereocenters. The van der Waals surface area contributed by atoms with Crippen molar-refractivity contribution < 1.29 is 4.79 Å². The van der Waals surface area contributed by atoms with Gasteiger partial charge >= 0.3 is 0 Å². The van der Waals surface area contributed by atoms with E-state index in [1.165, 1.54) is 6.33 Å². The molecule has 0 aliphatic heterocycles. The minimum absolute atomic E-state index is 0.0751. The molecule has 3 aromatic rings. The van der Waals surface area contributed by atoms with E-state index < -0.39 is 0 Å². The van der Waals surface area contributed by atoms with Crippen LogP contribution in [0.3, 0.4) is 0 Å². The van der Waals surface area contributed by atoms with Crippen LogP contribution in [0.2, 0.25) is 0 Å². The van der Waals surface area contributed by atoms with Gasteiger partial charge in [-0.1, -0.05) is 43.3 Å². The standard InChI is InChI=1S/C17H17N3O/c1-2-9-20-17(18-12-19-20)11-16(21)15-8-7-13-5-3-4-6-14(13)10-15/h3-8,10,12H,2,9,11H2,1H3. The number of rotatable bonds is 5. The van der Waals surface area contributed by atoms with E-state index in [2.05, 4.69) is 17.0 Å². The molecule has 0 spiro atoms. The summed E-state index contributed by atoms with van der Waals surface area (Å²) in [6.45, 7) is 2.87. The summed E-state index contributed by atoms with van der Waals surface area (Å²) in [4.78, 5) is 16.6. The first-order chi connectivity index (χ1) is 10.3. The first-order valence-electron chi connectivity index (χ1n) is 7.16. The van der Waals surface area contributed by atoms with Crippen LogP contribution in [0, 0.1) is 0 Å². The zero-order valence-corrected chi connectivity index (χ0v) is 12.0. The number of carbonyl (C=O) groups excluding carboxylic acids is 1. The van der Waals surface area contributed by atoms with Gasteiger partial charge in [0.15, 0.2) is 5.78 Å². The Bertz CT molecular complexity index is 776. The van der Waals surface area contributed by atoms with Crippen molar-refractivity contribution in [3.05, 3.63) is 60.2 Å². The van der Waals surface area contributed by atoms with Crippen LogP contribution in [0.5, 0.6) is 0 Å². The largest absolute Gasteiger partial charge is 0.294 e. The highest BCUT2D eigenvalue weighted by molar-refractivity contribution is 6.00. The van der Waals surface area contributed by atoms with Crippen LogP contribution in [-0.4, -0.2) is 20.5 Å². The molecule has 0 unspecified atom stereocenters. The number of benzene rings is 2. The van der Waals surface area contributed by atoms with Crippen molar-refractivity contribution in [3.63, 3.8) is 0 Å². The lowest BCUT2D eigenvalue weighted by Crippen LogP contribution is -2.11. The van der Waals surface area contributed by atoms with Crippen LogP contribution >= 0.6 is 0 Å². The molecule has 0 aliphatic rings. The summed E-state index contributed by atoms with van der Waals surface area (Å²) >= 11 is 0. The number of aromatic nitrogens is 3. The molecule has 0 saturated heterocycles. The monoisotopic (exact) mass is 279 g/mol. The van der Waals surface area contributed by atoms with E-state index in [0.29, 0.717) is 6.42 Å². The minimum atomic E-state index is 0.0751. The Kier molecular flexibility index (Phi) is 3.77.